The summed E-state index contributed by atoms with van der Waals surface area (Å²) in [6.07, 6.45) is 0.551. The molecule has 1 amide bonds. The quantitative estimate of drug-likeness (QED) is 0.414. The van der Waals surface area contributed by atoms with E-state index in [1.54, 1.807) is 0 Å². The van der Waals surface area contributed by atoms with Gasteiger partial charge < -0.3 is 14.8 Å². The maximum Gasteiger partial charge on any atom is 0.220 e. The normalized spacial score (nSPS) is 10.6. The number of Topliss-reactive ketones (excluding diaryl/α,β-unsaturated/α-hetero) is 1. The zero-order valence-corrected chi connectivity index (χ0v) is 14.3. The monoisotopic (exact) mass is 314 g/mol. The van der Waals surface area contributed by atoms with Gasteiger partial charge in [-0.25, -0.2) is 0 Å². The summed E-state index contributed by atoms with van der Waals surface area (Å²) in [6, 6.07) is 0. The Bertz CT molecular complexity index is 350. The van der Waals surface area contributed by atoms with Crippen LogP contribution >= 0.6 is 0 Å². The molecule has 0 saturated carbocycles. The number of rotatable bonds is 13. The van der Waals surface area contributed by atoms with Crippen molar-refractivity contribution in [1.29, 1.82) is 0 Å². The third-order valence-electron chi connectivity index (χ3n) is 2.85. The van der Waals surface area contributed by atoms with Gasteiger partial charge in [-0.3, -0.25) is 14.6 Å². The third-order valence-corrected chi connectivity index (χ3v) is 2.85. The molecule has 6 heteroatoms. The first-order valence-corrected chi connectivity index (χ1v) is 7.86. The molecule has 128 valence electrons. The van der Waals surface area contributed by atoms with Crippen LogP contribution in [0.5, 0.6) is 0 Å². The molecule has 0 radical (unpaired) electrons. The van der Waals surface area contributed by atoms with Gasteiger partial charge in [-0.15, -0.1) is 0 Å². The molecule has 0 fully saturated rings. The molecule has 0 atom stereocenters. The Morgan fingerprint density at radius 2 is 1.64 bits per heavy atom. The lowest BCUT2D eigenvalue weighted by atomic mass is 10.0. The van der Waals surface area contributed by atoms with Crippen molar-refractivity contribution in [2.75, 3.05) is 39.5 Å². The van der Waals surface area contributed by atoms with Crippen LogP contribution < -0.4 is 5.32 Å². The van der Waals surface area contributed by atoms with E-state index < -0.39 is 0 Å². The first-order chi connectivity index (χ1) is 10.4. The fourth-order valence-corrected chi connectivity index (χ4v) is 1.53. The van der Waals surface area contributed by atoms with Crippen LogP contribution in [0.25, 0.3) is 0 Å². The molecule has 0 aromatic rings. The highest BCUT2D eigenvalue weighted by molar-refractivity contribution is 5.85. The summed E-state index contributed by atoms with van der Waals surface area (Å²) in [6.45, 7) is 10.8. The Kier molecular flexibility index (Phi) is 12.6. The number of nitrogens with zero attached hydrogens (tertiary/aromatic N) is 1. The van der Waals surface area contributed by atoms with Gasteiger partial charge in [-0.05, 0) is 13.8 Å². The Morgan fingerprint density at radius 3 is 2.23 bits per heavy atom. The minimum atomic E-state index is -0.110. The number of ketones is 1. The number of ether oxygens (including phenoxy) is 2. The van der Waals surface area contributed by atoms with E-state index in [0.717, 1.165) is 5.71 Å². The predicted octanol–water partition coefficient (Wildman–Crippen LogP) is 1.62. The molecule has 0 rings (SSSR count). The number of aliphatic imine (C=N–C) groups is 1. The largest absolute Gasteiger partial charge is 0.377 e. The van der Waals surface area contributed by atoms with Crippen molar-refractivity contribution >= 4 is 17.4 Å². The van der Waals surface area contributed by atoms with Crippen molar-refractivity contribution in [2.45, 2.75) is 40.5 Å². The lowest BCUT2D eigenvalue weighted by molar-refractivity contribution is -0.126. The molecule has 0 aromatic carbocycles. The van der Waals surface area contributed by atoms with Crippen molar-refractivity contribution in [3.05, 3.63) is 0 Å². The summed E-state index contributed by atoms with van der Waals surface area (Å²) in [5, 5.41) is 2.73. The average molecular weight is 314 g/mol. The second-order valence-electron chi connectivity index (χ2n) is 5.52. The minimum absolute atomic E-state index is 0.0111. The highest BCUT2D eigenvalue weighted by atomic mass is 16.5. The Morgan fingerprint density at radius 1 is 1.00 bits per heavy atom. The SMILES string of the molecule is CC(C)=NCCOCCOCCNC(=O)CCC(=O)C(C)C. The van der Waals surface area contributed by atoms with Crippen LogP contribution in [-0.4, -0.2) is 56.9 Å². The summed E-state index contributed by atoms with van der Waals surface area (Å²) in [5.41, 5.74) is 1.05. The number of amides is 1. The first-order valence-electron chi connectivity index (χ1n) is 7.86. The van der Waals surface area contributed by atoms with E-state index in [-0.39, 0.29) is 24.0 Å². The number of carbonyl (C=O) groups excluding carboxylic acids is 2. The van der Waals surface area contributed by atoms with Gasteiger partial charge in [0.25, 0.3) is 0 Å². The lowest BCUT2D eigenvalue weighted by Gasteiger charge is -2.07. The Balaban J connectivity index is 3.34. The molecule has 0 heterocycles. The van der Waals surface area contributed by atoms with Crippen LogP contribution in [0.4, 0.5) is 0 Å². The van der Waals surface area contributed by atoms with E-state index in [0.29, 0.717) is 45.9 Å². The van der Waals surface area contributed by atoms with Crippen LogP contribution in [-0.2, 0) is 19.1 Å². The summed E-state index contributed by atoms with van der Waals surface area (Å²) in [5.74, 6) is -0.00383. The molecule has 0 aliphatic carbocycles. The van der Waals surface area contributed by atoms with Gasteiger partial charge in [0, 0.05) is 31.0 Å². The average Bonchev–Trinajstić information content (AvgIpc) is 2.46. The van der Waals surface area contributed by atoms with Crippen LogP contribution in [0.3, 0.4) is 0 Å². The first kappa shape index (κ1) is 20.7. The second-order valence-corrected chi connectivity index (χ2v) is 5.52. The van der Waals surface area contributed by atoms with E-state index in [9.17, 15) is 9.59 Å². The molecule has 0 aromatic heterocycles. The summed E-state index contributed by atoms with van der Waals surface area (Å²) in [4.78, 5) is 27.1. The van der Waals surface area contributed by atoms with Crippen LogP contribution in [0, 0.1) is 5.92 Å². The molecular formula is C16H30N2O4. The van der Waals surface area contributed by atoms with Crippen LogP contribution in [0.1, 0.15) is 40.5 Å². The highest BCUT2D eigenvalue weighted by Crippen LogP contribution is 2.01. The van der Waals surface area contributed by atoms with Gasteiger partial charge in [0.1, 0.15) is 5.78 Å². The molecule has 6 nitrogen and oxygen atoms in total. The standard InChI is InChI=1S/C16H30N2O4/c1-13(2)15(19)5-6-16(20)18-8-10-22-12-11-21-9-7-17-14(3)4/h13H,5-12H2,1-4H3,(H,18,20). The number of hydrogen-bond donors (Lipinski definition) is 1. The molecule has 0 aliphatic heterocycles. The fraction of sp³-hybridized carbons (Fsp3) is 0.812. The van der Waals surface area contributed by atoms with Crippen LogP contribution in [0.15, 0.2) is 4.99 Å². The number of nitrogens with one attached hydrogen (secondary N) is 1. The molecule has 1 N–H and O–H groups in total. The summed E-state index contributed by atoms with van der Waals surface area (Å²) in [7, 11) is 0. The molecule has 0 bridgehead atoms. The second kappa shape index (κ2) is 13.4. The van der Waals surface area contributed by atoms with E-state index >= 15 is 0 Å². The fourth-order valence-electron chi connectivity index (χ4n) is 1.53. The number of carbonyl (C=O) groups is 2. The molecule has 0 saturated heterocycles. The molecule has 0 unspecified atom stereocenters. The number of hydrogen-bond acceptors (Lipinski definition) is 5. The maximum atomic E-state index is 11.5. The molecule has 22 heavy (non-hydrogen) atoms. The van der Waals surface area contributed by atoms with E-state index in [2.05, 4.69) is 10.3 Å². The minimum Gasteiger partial charge on any atom is -0.377 e. The van der Waals surface area contributed by atoms with Gasteiger partial charge in [-0.2, -0.15) is 0 Å². The Labute approximate surface area is 133 Å². The Hall–Kier alpha value is -1.27. The summed E-state index contributed by atoms with van der Waals surface area (Å²) >= 11 is 0. The van der Waals surface area contributed by atoms with E-state index in [1.807, 2.05) is 27.7 Å². The topological polar surface area (TPSA) is 77.0 Å². The van der Waals surface area contributed by atoms with E-state index in [4.69, 9.17) is 9.47 Å². The third kappa shape index (κ3) is 13.7. The van der Waals surface area contributed by atoms with Gasteiger partial charge >= 0.3 is 0 Å². The highest BCUT2D eigenvalue weighted by Gasteiger charge is 2.09. The molecular weight excluding hydrogens is 284 g/mol. The van der Waals surface area contributed by atoms with Gasteiger partial charge in [-0.1, -0.05) is 13.8 Å². The van der Waals surface area contributed by atoms with Gasteiger partial charge in [0.15, 0.2) is 0 Å². The van der Waals surface area contributed by atoms with Crippen molar-refractivity contribution in [3.8, 4) is 0 Å². The van der Waals surface area contributed by atoms with Crippen molar-refractivity contribution in [1.82, 2.24) is 5.32 Å². The smallest absolute Gasteiger partial charge is 0.220 e. The van der Waals surface area contributed by atoms with Gasteiger partial charge in [0.2, 0.25) is 5.91 Å². The van der Waals surface area contributed by atoms with Gasteiger partial charge in [0.05, 0.1) is 33.0 Å². The zero-order valence-electron chi connectivity index (χ0n) is 14.3. The van der Waals surface area contributed by atoms with Crippen LogP contribution in [0.2, 0.25) is 0 Å². The lowest BCUT2D eigenvalue weighted by Crippen LogP contribution is -2.28. The maximum absolute atomic E-state index is 11.5. The summed E-state index contributed by atoms with van der Waals surface area (Å²) < 4.78 is 10.7. The van der Waals surface area contributed by atoms with Crippen molar-refractivity contribution < 1.29 is 19.1 Å². The van der Waals surface area contributed by atoms with Crippen molar-refractivity contribution in [2.24, 2.45) is 10.9 Å². The molecule has 0 spiro atoms. The molecule has 0 aliphatic rings. The van der Waals surface area contributed by atoms with Crippen molar-refractivity contribution in [3.63, 3.8) is 0 Å². The zero-order chi connectivity index (χ0) is 16.8. The van der Waals surface area contributed by atoms with E-state index in [1.165, 1.54) is 0 Å². The predicted molar refractivity (Wildman–Crippen MR) is 87.4 cm³/mol.